The smallest absolute Gasteiger partial charge is 0.673 e. The molecule has 4 aromatic carbocycles. The van der Waals surface area contributed by atoms with E-state index in [-0.39, 0.29) is 63.8 Å². The summed E-state index contributed by atoms with van der Waals surface area (Å²) >= 11 is 0. The van der Waals surface area contributed by atoms with Crippen LogP contribution in [0, 0.1) is 0 Å². The Kier molecular flexibility index (Phi) is 36.8. The third-order valence-electron chi connectivity index (χ3n) is 12.8. The topological polar surface area (TPSA) is 139 Å². The standard InChI is InChI=1S/2C31H35N3.4C2H6N.2Hf/c2*1-20(2)23-12-7-8-13-26(23)31(29-17-10-16-28(33-29)27-18-11-19-32-27)34-30-24(21(3)4)14-9-15-25(30)22(5)6;4*1-3-2;;/h2*7-22,31H,1-6H3;4*1-2H3;;/q2*-2;4*-1;2*+4/t2*31-;;;;;;/m10....../s1. The quantitative estimate of drug-likeness (QED) is 0.0889. The van der Waals surface area contributed by atoms with Crippen LogP contribution in [0.15, 0.2) is 158 Å². The first-order valence-corrected chi connectivity index (χ1v) is 28.3. The second-order valence-electron chi connectivity index (χ2n) is 21.5. The molecule has 432 valence electrons. The van der Waals surface area contributed by atoms with Crippen molar-refractivity contribution < 1.29 is 51.7 Å². The molecule has 12 heteroatoms. The molecule has 0 aliphatic rings. The zero-order valence-corrected chi connectivity index (χ0v) is 60.3. The van der Waals surface area contributed by atoms with Crippen molar-refractivity contribution in [3.8, 4) is 22.8 Å². The Morgan fingerprint density at radius 3 is 0.780 bits per heavy atom. The Bertz CT molecular complexity index is 2670. The second-order valence-corrected chi connectivity index (χ2v) is 21.5. The molecule has 0 amide bonds. The van der Waals surface area contributed by atoms with Crippen LogP contribution >= 0.6 is 0 Å². The summed E-state index contributed by atoms with van der Waals surface area (Å²) in [5, 5.41) is 25.0. The zero-order chi connectivity index (χ0) is 59.3. The summed E-state index contributed by atoms with van der Waals surface area (Å²) in [6, 6.07) is 50.5. The van der Waals surface area contributed by atoms with Crippen molar-refractivity contribution in [3.63, 3.8) is 0 Å². The van der Waals surface area contributed by atoms with Gasteiger partial charge in [-0.3, -0.25) is 9.97 Å². The predicted octanol–water partition coefficient (Wildman–Crippen LogP) is 20.2. The van der Waals surface area contributed by atoms with Crippen molar-refractivity contribution in [2.45, 2.75) is 131 Å². The van der Waals surface area contributed by atoms with Gasteiger partial charge in [-0.05, 0) is 83.0 Å². The van der Waals surface area contributed by atoms with Crippen LogP contribution in [0.5, 0.6) is 0 Å². The number of nitrogens with zero attached hydrogens (tertiary/aromatic N) is 10. The average molecular weight is 1430 g/mol. The molecule has 0 N–H and O–H groups in total. The van der Waals surface area contributed by atoms with Gasteiger partial charge in [-0.15, -0.1) is 22.8 Å². The number of para-hydroxylation sites is 2. The van der Waals surface area contributed by atoms with Crippen LogP contribution in [0.4, 0.5) is 11.4 Å². The van der Waals surface area contributed by atoms with Gasteiger partial charge < -0.3 is 41.9 Å². The molecule has 2 atom stereocenters. The van der Waals surface area contributed by atoms with Crippen LogP contribution in [-0.4, -0.2) is 66.3 Å². The number of rotatable bonds is 16. The van der Waals surface area contributed by atoms with Crippen molar-refractivity contribution >= 4 is 11.4 Å². The normalized spacial score (nSPS) is 11.2. The molecule has 4 aromatic heterocycles. The van der Waals surface area contributed by atoms with Gasteiger partial charge in [0.15, 0.2) is 0 Å². The molecule has 0 radical (unpaired) electrons. The molecular formula is C70H94Hf2N10. The molecule has 0 fully saturated rings. The zero-order valence-electron chi connectivity index (χ0n) is 53.1. The van der Waals surface area contributed by atoms with Crippen molar-refractivity contribution in [2.24, 2.45) is 0 Å². The van der Waals surface area contributed by atoms with Crippen LogP contribution in [0.2, 0.25) is 0 Å². The molecule has 0 aliphatic carbocycles. The largest absolute Gasteiger partial charge is 4.00 e. The van der Waals surface area contributed by atoms with Gasteiger partial charge in [0.25, 0.3) is 0 Å². The van der Waals surface area contributed by atoms with Crippen molar-refractivity contribution in [3.05, 3.63) is 246 Å². The minimum absolute atomic E-state index is 0. The van der Waals surface area contributed by atoms with Crippen LogP contribution in [0.25, 0.3) is 54.7 Å². The van der Waals surface area contributed by atoms with Crippen LogP contribution in [0.1, 0.15) is 187 Å². The van der Waals surface area contributed by atoms with Crippen molar-refractivity contribution in [1.29, 1.82) is 0 Å². The van der Waals surface area contributed by atoms with E-state index in [4.69, 9.17) is 20.6 Å². The SMILES string of the molecule is CC(C)c1ccccc1[C@@H]([N-]c1c(C(C)C)cccc1C(C)C)c1cccc(-c2ccc[n-]2)n1.CC(C)c1ccccc1[C@H]([N-]c1c(C(C)C)cccc1C(C)C)c1cccc(-c2ccc[n-]2)n1.C[N-]C.C[N-]C.C[N-]C.C[N-]C.[Hf+4].[Hf+4]. The summed E-state index contributed by atoms with van der Waals surface area (Å²) < 4.78 is 0. The molecular weight excluding hydrogens is 1340 g/mol. The third-order valence-corrected chi connectivity index (χ3v) is 12.8. The Balaban J connectivity index is 0.000000674. The number of hydrogen-bond acceptors (Lipinski definition) is 2. The van der Waals surface area contributed by atoms with Gasteiger partial charge in [-0.1, -0.05) is 238 Å². The molecule has 0 saturated carbocycles. The van der Waals surface area contributed by atoms with Gasteiger partial charge in [0.1, 0.15) is 0 Å². The molecule has 10 nitrogen and oxygen atoms in total. The van der Waals surface area contributed by atoms with Gasteiger partial charge in [0, 0.05) is 22.8 Å². The molecule has 0 spiro atoms. The van der Waals surface area contributed by atoms with E-state index in [1.807, 2.05) is 48.8 Å². The first-order valence-electron chi connectivity index (χ1n) is 28.3. The van der Waals surface area contributed by atoms with E-state index in [2.05, 4.69) is 224 Å². The van der Waals surface area contributed by atoms with E-state index in [1.54, 1.807) is 56.4 Å². The van der Waals surface area contributed by atoms with E-state index in [1.165, 1.54) is 44.5 Å². The van der Waals surface area contributed by atoms with E-state index in [0.717, 1.165) is 45.5 Å². The summed E-state index contributed by atoms with van der Waals surface area (Å²) in [6.07, 6.45) is 3.63. The molecule has 0 saturated heterocycles. The number of hydrogen-bond donors (Lipinski definition) is 0. The molecule has 4 heterocycles. The minimum Gasteiger partial charge on any atom is -0.673 e. The number of aromatic nitrogens is 4. The fourth-order valence-electron chi connectivity index (χ4n) is 9.14. The molecule has 8 rings (SSSR count). The Hall–Kier alpha value is -5.08. The van der Waals surface area contributed by atoms with Gasteiger partial charge in [0.05, 0.1) is 0 Å². The number of benzene rings is 4. The van der Waals surface area contributed by atoms with Crippen molar-refractivity contribution in [1.82, 2.24) is 19.9 Å². The molecule has 0 aliphatic heterocycles. The summed E-state index contributed by atoms with van der Waals surface area (Å²) in [4.78, 5) is 19.1. The average Bonchev–Trinajstić information content (AvgIpc) is 4.21. The maximum atomic E-state index is 5.52. The molecule has 0 unspecified atom stereocenters. The third kappa shape index (κ3) is 22.5. The Morgan fingerprint density at radius 1 is 0.293 bits per heavy atom. The maximum Gasteiger partial charge on any atom is 4.00 e. The Morgan fingerprint density at radius 2 is 0.537 bits per heavy atom. The van der Waals surface area contributed by atoms with Crippen LogP contribution in [0.3, 0.4) is 0 Å². The maximum absolute atomic E-state index is 5.52. The molecule has 0 bridgehead atoms. The number of pyridine rings is 2. The Labute approximate surface area is 534 Å². The van der Waals surface area contributed by atoms with E-state index in [9.17, 15) is 0 Å². The fourth-order valence-corrected chi connectivity index (χ4v) is 9.14. The molecule has 82 heavy (non-hydrogen) atoms. The summed E-state index contributed by atoms with van der Waals surface area (Å²) in [5.41, 5.74) is 17.8. The van der Waals surface area contributed by atoms with Crippen LogP contribution < -0.4 is 9.97 Å². The first kappa shape index (κ1) is 74.9. The molecule has 8 aromatic rings. The van der Waals surface area contributed by atoms with E-state index >= 15 is 0 Å². The van der Waals surface area contributed by atoms with Gasteiger partial charge in [0.2, 0.25) is 0 Å². The van der Waals surface area contributed by atoms with Gasteiger partial charge in [-0.2, -0.15) is 68.8 Å². The monoisotopic (exact) mass is 1430 g/mol. The second kappa shape index (κ2) is 40.2. The summed E-state index contributed by atoms with van der Waals surface area (Å²) in [5.74, 6) is 2.30. The van der Waals surface area contributed by atoms with E-state index < -0.39 is 0 Å². The van der Waals surface area contributed by atoms with E-state index in [0.29, 0.717) is 35.5 Å². The predicted molar refractivity (Wildman–Crippen MR) is 347 cm³/mol. The van der Waals surface area contributed by atoms with Crippen molar-refractivity contribution in [2.75, 3.05) is 56.4 Å². The minimum atomic E-state index is -0.203. The van der Waals surface area contributed by atoms with Gasteiger partial charge in [-0.25, -0.2) is 0 Å². The fraction of sp³-hybridized carbons (Fsp3) is 0.400. The first-order chi connectivity index (χ1) is 38.4. The summed E-state index contributed by atoms with van der Waals surface area (Å²) in [7, 11) is 14.0. The van der Waals surface area contributed by atoms with Gasteiger partial charge >= 0.3 is 51.7 Å². The summed E-state index contributed by atoms with van der Waals surface area (Å²) in [6.45, 7) is 26.9. The van der Waals surface area contributed by atoms with Crippen LogP contribution in [-0.2, 0) is 51.7 Å².